The Morgan fingerprint density at radius 1 is 1.36 bits per heavy atom. The van der Waals surface area contributed by atoms with E-state index in [1.165, 1.54) is 23.9 Å². The number of rotatable bonds is 3. The Kier molecular flexibility index (Phi) is 4.55. The lowest BCUT2D eigenvalue weighted by atomic mass is 9.77. The van der Waals surface area contributed by atoms with Crippen molar-refractivity contribution >= 4 is 11.7 Å². The summed E-state index contributed by atoms with van der Waals surface area (Å²) in [6.45, 7) is 13.1. The Hall–Kier alpha value is -1.51. The molecule has 2 rings (SSSR count). The van der Waals surface area contributed by atoms with Crippen LogP contribution in [0.2, 0.25) is 0 Å². The van der Waals surface area contributed by atoms with Crippen molar-refractivity contribution in [3.63, 3.8) is 0 Å². The number of esters is 1. The summed E-state index contributed by atoms with van der Waals surface area (Å²) in [4.78, 5) is 14.8. The fourth-order valence-electron chi connectivity index (χ4n) is 3.98. The second kappa shape index (κ2) is 5.94. The number of carbonyl (C=O) groups excluding carboxylic acids is 1. The first-order chi connectivity index (χ1) is 10.2. The van der Waals surface area contributed by atoms with E-state index in [2.05, 4.69) is 64.6 Å². The van der Waals surface area contributed by atoms with Crippen molar-refractivity contribution in [2.75, 3.05) is 12.0 Å². The van der Waals surface area contributed by atoms with Crippen molar-refractivity contribution in [2.24, 2.45) is 5.92 Å². The predicted molar refractivity (Wildman–Crippen MR) is 91.4 cm³/mol. The van der Waals surface area contributed by atoms with E-state index in [0.29, 0.717) is 5.92 Å². The summed E-state index contributed by atoms with van der Waals surface area (Å²) >= 11 is 0. The molecule has 122 valence electrons. The van der Waals surface area contributed by atoms with Gasteiger partial charge in [0.2, 0.25) is 0 Å². The molecule has 0 aliphatic carbocycles. The lowest BCUT2D eigenvalue weighted by Gasteiger charge is -2.52. The maximum atomic E-state index is 12.5. The molecule has 22 heavy (non-hydrogen) atoms. The Labute approximate surface area is 134 Å². The molecule has 3 nitrogen and oxygen atoms in total. The number of anilines is 1. The average molecular weight is 303 g/mol. The molecule has 2 atom stereocenters. The molecule has 0 aromatic heterocycles. The van der Waals surface area contributed by atoms with Crippen LogP contribution < -0.4 is 4.90 Å². The third-order valence-electron chi connectivity index (χ3n) is 4.85. The second-order valence-corrected chi connectivity index (χ2v) is 7.51. The molecule has 1 heterocycles. The first-order valence-corrected chi connectivity index (χ1v) is 8.17. The van der Waals surface area contributed by atoms with E-state index in [-0.39, 0.29) is 23.5 Å². The van der Waals surface area contributed by atoms with E-state index in [1.54, 1.807) is 0 Å². The number of carbonyl (C=O) groups is 1. The number of methoxy groups -OCH3 is 1. The van der Waals surface area contributed by atoms with Crippen LogP contribution in [0.25, 0.3) is 0 Å². The largest absolute Gasteiger partial charge is 0.467 e. The number of ether oxygens (including phenoxy) is 1. The zero-order valence-corrected chi connectivity index (χ0v) is 14.9. The Morgan fingerprint density at radius 2 is 2.00 bits per heavy atom. The van der Waals surface area contributed by atoms with E-state index < -0.39 is 0 Å². The topological polar surface area (TPSA) is 29.5 Å². The molecule has 0 saturated heterocycles. The van der Waals surface area contributed by atoms with Crippen molar-refractivity contribution in [3.05, 3.63) is 29.3 Å². The van der Waals surface area contributed by atoms with Gasteiger partial charge in [0.15, 0.2) is 0 Å². The molecule has 3 heteroatoms. The van der Waals surface area contributed by atoms with Crippen LogP contribution in [0.5, 0.6) is 0 Å². The maximum absolute atomic E-state index is 12.5. The molecule has 0 saturated carbocycles. The second-order valence-electron chi connectivity index (χ2n) is 7.51. The highest BCUT2D eigenvalue weighted by Crippen LogP contribution is 2.46. The van der Waals surface area contributed by atoms with Gasteiger partial charge in [-0.05, 0) is 50.2 Å². The van der Waals surface area contributed by atoms with E-state index in [9.17, 15) is 4.79 Å². The third kappa shape index (κ3) is 2.73. The van der Waals surface area contributed by atoms with Gasteiger partial charge in [-0.3, -0.25) is 0 Å². The fraction of sp³-hybridized carbons (Fsp3) is 0.632. The predicted octanol–water partition coefficient (Wildman–Crippen LogP) is 4.28. The zero-order chi connectivity index (χ0) is 16.7. The van der Waals surface area contributed by atoms with Crippen molar-refractivity contribution in [1.82, 2.24) is 0 Å². The number of hydrogen-bond donors (Lipinski definition) is 0. The van der Waals surface area contributed by atoms with Gasteiger partial charge in [-0.1, -0.05) is 39.0 Å². The van der Waals surface area contributed by atoms with Crippen LogP contribution in [0.4, 0.5) is 5.69 Å². The van der Waals surface area contributed by atoms with Crippen LogP contribution in [0.3, 0.4) is 0 Å². The van der Waals surface area contributed by atoms with Crippen molar-refractivity contribution < 1.29 is 9.53 Å². The minimum absolute atomic E-state index is 0.0817. The number of benzene rings is 1. The molecule has 1 aliphatic heterocycles. The summed E-state index contributed by atoms with van der Waals surface area (Å²) in [5.41, 5.74) is 3.71. The lowest BCUT2D eigenvalue weighted by Crippen LogP contribution is -2.58. The summed E-state index contributed by atoms with van der Waals surface area (Å²) < 4.78 is 5.12. The molecule has 1 aromatic carbocycles. The first kappa shape index (κ1) is 16.9. The van der Waals surface area contributed by atoms with Crippen molar-refractivity contribution in [1.29, 1.82) is 0 Å². The van der Waals surface area contributed by atoms with E-state index in [0.717, 1.165) is 6.42 Å². The fourth-order valence-corrected chi connectivity index (χ4v) is 3.98. The molecule has 0 amide bonds. The highest BCUT2D eigenvalue weighted by Gasteiger charge is 2.44. The first-order valence-electron chi connectivity index (χ1n) is 8.17. The Bertz CT molecular complexity index is 563. The van der Waals surface area contributed by atoms with Crippen LogP contribution in [-0.4, -0.2) is 24.7 Å². The minimum atomic E-state index is -0.257. The van der Waals surface area contributed by atoms with Gasteiger partial charge in [-0.2, -0.15) is 0 Å². The smallest absolute Gasteiger partial charge is 0.328 e. The molecule has 0 unspecified atom stereocenters. The molecule has 0 spiro atoms. The summed E-state index contributed by atoms with van der Waals surface area (Å²) in [5.74, 6) is 0.533. The SMILES string of the molecule is COC(=O)[C@H](C(C)C)N1c2c(C)cccc2[C@H](C)CC1(C)C. The number of nitrogens with zero attached hydrogens (tertiary/aromatic N) is 1. The van der Waals surface area contributed by atoms with Crippen LogP contribution in [-0.2, 0) is 9.53 Å². The number of aryl methyl sites for hydroxylation is 1. The summed E-state index contributed by atoms with van der Waals surface area (Å²) in [5, 5.41) is 0. The number of fused-ring (bicyclic) bond motifs is 1. The van der Waals surface area contributed by atoms with Gasteiger partial charge >= 0.3 is 5.97 Å². The van der Waals surface area contributed by atoms with Crippen LogP contribution >= 0.6 is 0 Å². The molecule has 1 aliphatic rings. The summed E-state index contributed by atoms with van der Waals surface area (Å²) in [7, 11) is 1.48. The molecular formula is C19H29NO2. The molecule has 1 aromatic rings. The summed E-state index contributed by atoms with van der Waals surface area (Å²) in [6, 6.07) is 6.19. The highest BCUT2D eigenvalue weighted by atomic mass is 16.5. The quantitative estimate of drug-likeness (QED) is 0.780. The molecular weight excluding hydrogens is 274 g/mol. The molecule has 0 fully saturated rings. The molecule has 0 radical (unpaired) electrons. The lowest BCUT2D eigenvalue weighted by molar-refractivity contribution is -0.143. The average Bonchev–Trinajstić information content (AvgIpc) is 2.42. The van der Waals surface area contributed by atoms with Crippen molar-refractivity contribution in [3.8, 4) is 0 Å². The minimum Gasteiger partial charge on any atom is -0.467 e. The number of hydrogen-bond acceptors (Lipinski definition) is 3. The third-order valence-corrected chi connectivity index (χ3v) is 4.85. The maximum Gasteiger partial charge on any atom is 0.328 e. The summed E-state index contributed by atoms with van der Waals surface area (Å²) in [6.07, 6.45) is 1.03. The highest BCUT2D eigenvalue weighted by molar-refractivity contribution is 5.82. The van der Waals surface area contributed by atoms with Gasteiger partial charge in [0.05, 0.1) is 7.11 Å². The van der Waals surface area contributed by atoms with Crippen LogP contribution in [0.1, 0.15) is 58.1 Å². The normalized spacial score (nSPS) is 21.5. The zero-order valence-electron chi connectivity index (χ0n) is 14.9. The van der Waals surface area contributed by atoms with Gasteiger partial charge in [0, 0.05) is 11.2 Å². The van der Waals surface area contributed by atoms with Crippen LogP contribution in [0, 0.1) is 12.8 Å². The van der Waals surface area contributed by atoms with Crippen molar-refractivity contribution in [2.45, 2.75) is 65.5 Å². The van der Waals surface area contributed by atoms with E-state index in [1.807, 2.05) is 0 Å². The number of para-hydroxylation sites is 1. The molecule has 0 N–H and O–H groups in total. The monoisotopic (exact) mass is 303 g/mol. The Balaban J connectivity index is 2.66. The molecule has 0 bridgehead atoms. The standard InChI is InChI=1S/C19H29NO2/c1-12(2)16(18(21)22-7)20-17-13(3)9-8-10-15(17)14(4)11-19(20,5)6/h8-10,12,14,16H,11H2,1-7H3/t14-,16+/m1/s1. The van der Waals surface area contributed by atoms with Gasteiger partial charge in [0.1, 0.15) is 6.04 Å². The van der Waals surface area contributed by atoms with E-state index >= 15 is 0 Å². The van der Waals surface area contributed by atoms with Gasteiger partial charge in [-0.15, -0.1) is 0 Å². The van der Waals surface area contributed by atoms with Crippen LogP contribution in [0.15, 0.2) is 18.2 Å². The van der Waals surface area contributed by atoms with E-state index in [4.69, 9.17) is 4.74 Å². The Morgan fingerprint density at radius 3 is 2.55 bits per heavy atom. The van der Waals surface area contributed by atoms with Gasteiger partial charge in [-0.25, -0.2) is 4.79 Å². The van der Waals surface area contributed by atoms with Gasteiger partial charge in [0.25, 0.3) is 0 Å². The van der Waals surface area contributed by atoms with Gasteiger partial charge < -0.3 is 9.64 Å².